The Labute approximate surface area is 124 Å². The van der Waals surface area contributed by atoms with Crippen LogP contribution >= 0.6 is 11.3 Å². The Balaban J connectivity index is 2.05. The van der Waals surface area contributed by atoms with Gasteiger partial charge >= 0.3 is 0 Å². The lowest BCUT2D eigenvalue weighted by atomic mass is 10.2. The minimum absolute atomic E-state index is 0.533. The smallest absolute Gasteiger partial charge is 0.191 e. The zero-order valence-electron chi connectivity index (χ0n) is 11.9. The highest BCUT2D eigenvalue weighted by Gasteiger charge is 2.05. The summed E-state index contributed by atoms with van der Waals surface area (Å²) in [6.07, 6.45) is 0. The van der Waals surface area contributed by atoms with Crippen LogP contribution < -0.4 is 5.73 Å². The number of rotatable bonds is 5. The van der Waals surface area contributed by atoms with Crippen LogP contribution in [-0.2, 0) is 6.54 Å². The summed E-state index contributed by atoms with van der Waals surface area (Å²) in [4.78, 5) is 11.0. The van der Waals surface area contributed by atoms with Crippen molar-refractivity contribution in [2.75, 3.05) is 13.1 Å². The summed E-state index contributed by atoms with van der Waals surface area (Å²) in [6, 6.07) is 10.2. The Morgan fingerprint density at radius 3 is 2.60 bits per heavy atom. The van der Waals surface area contributed by atoms with Gasteiger partial charge in [0.15, 0.2) is 5.96 Å². The van der Waals surface area contributed by atoms with Crippen molar-refractivity contribution >= 4 is 17.3 Å². The van der Waals surface area contributed by atoms with Gasteiger partial charge < -0.3 is 10.6 Å². The fourth-order valence-corrected chi connectivity index (χ4v) is 2.72. The number of aromatic nitrogens is 1. The molecular weight excluding hydrogens is 268 g/mol. The lowest BCUT2D eigenvalue weighted by molar-refractivity contribution is 0.458. The summed E-state index contributed by atoms with van der Waals surface area (Å²) in [5, 5.41) is 3.07. The Kier molecular flexibility index (Phi) is 5.12. The first-order valence-electron chi connectivity index (χ1n) is 6.79. The molecule has 2 aromatic rings. The SMILES string of the molecule is CCN(CC)C(N)=NCc1csc(-c2ccccc2)n1. The van der Waals surface area contributed by atoms with E-state index in [-0.39, 0.29) is 0 Å². The van der Waals surface area contributed by atoms with Crippen molar-refractivity contribution in [2.24, 2.45) is 10.7 Å². The van der Waals surface area contributed by atoms with E-state index in [1.54, 1.807) is 11.3 Å². The van der Waals surface area contributed by atoms with E-state index in [9.17, 15) is 0 Å². The summed E-state index contributed by atoms with van der Waals surface area (Å²) < 4.78 is 0. The Morgan fingerprint density at radius 1 is 1.25 bits per heavy atom. The van der Waals surface area contributed by atoms with E-state index in [1.807, 2.05) is 28.5 Å². The summed E-state index contributed by atoms with van der Waals surface area (Å²) in [6.45, 7) is 6.42. The molecule has 20 heavy (non-hydrogen) atoms. The monoisotopic (exact) mass is 288 g/mol. The third-order valence-corrected chi connectivity index (χ3v) is 4.00. The van der Waals surface area contributed by atoms with Crippen LogP contribution in [-0.4, -0.2) is 28.9 Å². The van der Waals surface area contributed by atoms with Gasteiger partial charge in [-0.15, -0.1) is 11.3 Å². The zero-order chi connectivity index (χ0) is 14.4. The topological polar surface area (TPSA) is 54.5 Å². The number of nitrogens with zero attached hydrogens (tertiary/aromatic N) is 3. The molecular formula is C15H20N4S. The second-order valence-electron chi connectivity index (χ2n) is 4.36. The highest BCUT2D eigenvalue weighted by molar-refractivity contribution is 7.13. The standard InChI is InChI=1S/C15H20N4S/c1-3-19(4-2)15(16)17-10-13-11-20-14(18-13)12-8-6-5-7-9-12/h5-9,11H,3-4,10H2,1-2H3,(H2,16,17). The van der Waals surface area contributed by atoms with Gasteiger partial charge in [0.1, 0.15) is 5.01 Å². The maximum atomic E-state index is 5.96. The fraction of sp³-hybridized carbons (Fsp3) is 0.333. The summed E-state index contributed by atoms with van der Waals surface area (Å²) in [7, 11) is 0. The van der Waals surface area contributed by atoms with Crippen LogP contribution in [0.5, 0.6) is 0 Å². The van der Waals surface area contributed by atoms with Gasteiger partial charge in [0.05, 0.1) is 12.2 Å². The number of benzene rings is 1. The molecule has 0 amide bonds. The highest BCUT2D eigenvalue weighted by atomic mass is 32.1. The Bertz CT molecular complexity index is 558. The van der Waals surface area contributed by atoms with Gasteiger partial charge in [-0.3, -0.25) is 0 Å². The molecule has 106 valence electrons. The van der Waals surface area contributed by atoms with Crippen LogP contribution in [0.2, 0.25) is 0 Å². The third kappa shape index (κ3) is 3.57. The molecule has 0 unspecified atom stereocenters. The van der Waals surface area contributed by atoms with Gasteiger partial charge in [-0.1, -0.05) is 30.3 Å². The van der Waals surface area contributed by atoms with E-state index in [0.29, 0.717) is 12.5 Å². The van der Waals surface area contributed by atoms with Crippen LogP contribution in [0.15, 0.2) is 40.7 Å². The molecule has 5 heteroatoms. The van der Waals surface area contributed by atoms with E-state index in [2.05, 4.69) is 36.0 Å². The lowest BCUT2D eigenvalue weighted by Crippen LogP contribution is -2.37. The molecule has 0 spiro atoms. The van der Waals surface area contributed by atoms with E-state index >= 15 is 0 Å². The van der Waals surface area contributed by atoms with Crippen LogP contribution in [0.3, 0.4) is 0 Å². The quantitative estimate of drug-likeness (QED) is 0.680. The van der Waals surface area contributed by atoms with Crippen LogP contribution in [0.4, 0.5) is 0 Å². The van der Waals surface area contributed by atoms with Crippen LogP contribution in [0.25, 0.3) is 10.6 Å². The number of hydrogen-bond donors (Lipinski definition) is 1. The van der Waals surface area contributed by atoms with E-state index in [4.69, 9.17) is 5.73 Å². The number of guanidine groups is 1. The highest BCUT2D eigenvalue weighted by Crippen LogP contribution is 2.23. The molecule has 0 bridgehead atoms. The van der Waals surface area contributed by atoms with Gasteiger partial charge in [-0.2, -0.15) is 0 Å². The molecule has 0 aliphatic heterocycles. The first-order valence-corrected chi connectivity index (χ1v) is 7.67. The van der Waals surface area contributed by atoms with Crippen molar-refractivity contribution in [3.05, 3.63) is 41.4 Å². The molecule has 0 aliphatic carbocycles. The van der Waals surface area contributed by atoms with Crippen molar-refractivity contribution in [1.82, 2.24) is 9.88 Å². The van der Waals surface area contributed by atoms with E-state index in [0.717, 1.165) is 29.4 Å². The van der Waals surface area contributed by atoms with Gasteiger partial charge in [-0.25, -0.2) is 9.98 Å². The van der Waals surface area contributed by atoms with Gasteiger partial charge in [0.2, 0.25) is 0 Å². The van der Waals surface area contributed by atoms with Crippen molar-refractivity contribution in [3.63, 3.8) is 0 Å². The Hall–Kier alpha value is -1.88. The summed E-state index contributed by atoms with van der Waals surface area (Å²) >= 11 is 1.64. The minimum atomic E-state index is 0.533. The van der Waals surface area contributed by atoms with Gasteiger partial charge in [-0.05, 0) is 13.8 Å². The van der Waals surface area contributed by atoms with Crippen LogP contribution in [0.1, 0.15) is 19.5 Å². The molecule has 1 aromatic carbocycles. The third-order valence-electron chi connectivity index (χ3n) is 3.06. The molecule has 0 radical (unpaired) electrons. The minimum Gasteiger partial charge on any atom is -0.370 e. The molecule has 0 atom stereocenters. The molecule has 0 fully saturated rings. The Morgan fingerprint density at radius 2 is 1.95 bits per heavy atom. The molecule has 1 aromatic heterocycles. The summed E-state index contributed by atoms with van der Waals surface area (Å²) in [5.74, 6) is 0.587. The largest absolute Gasteiger partial charge is 0.370 e. The van der Waals surface area contributed by atoms with Gasteiger partial charge in [0, 0.05) is 24.0 Å². The van der Waals surface area contributed by atoms with Crippen molar-refractivity contribution in [3.8, 4) is 10.6 Å². The van der Waals surface area contributed by atoms with Crippen molar-refractivity contribution < 1.29 is 0 Å². The first-order chi connectivity index (χ1) is 9.74. The van der Waals surface area contributed by atoms with Crippen molar-refractivity contribution in [2.45, 2.75) is 20.4 Å². The average Bonchev–Trinajstić information content (AvgIpc) is 2.96. The molecule has 0 aliphatic rings. The average molecular weight is 288 g/mol. The van der Waals surface area contributed by atoms with E-state index in [1.165, 1.54) is 0 Å². The lowest BCUT2D eigenvalue weighted by Gasteiger charge is -2.19. The summed E-state index contributed by atoms with van der Waals surface area (Å²) in [5.41, 5.74) is 8.06. The molecule has 0 saturated carbocycles. The molecule has 2 N–H and O–H groups in total. The fourth-order valence-electron chi connectivity index (χ4n) is 1.90. The van der Waals surface area contributed by atoms with Gasteiger partial charge in [0.25, 0.3) is 0 Å². The normalized spacial score (nSPS) is 11.6. The molecule has 0 saturated heterocycles. The predicted octanol–water partition coefficient (Wildman–Crippen LogP) is 2.97. The van der Waals surface area contributed by atoms with E-state index < -0.39 is 0 Å². The number of thiazole rings is 1. The maximum absolute atomic E-state index is 5.96. The molecule has 4 nitrogen and oxygen atoms in total. The molecule has 1 heterocycles. The van der Waals surface area contributed by atoms with Crippen LogP contribution in [0, 0.1) is 0 Å². The zero-order valence-corrected chi connectivity index (χ0v) is 12.7. The number of aliphatic imine (C=N–C) groups is 1. The first kappa shape index (κ1) is 14.5. The number of nitrogens with two attached hydrogens (primary N) is 1. The maximum Gasteiger partial charge on any atom is 0.191 e. The number of hydrogen-bond acceptors (Lipinski definition) is 3. The molecule has 2 rings (SSSR count). The second kappa shape index (κ2) is 7.05. The second-order valence-corrected chi connectivity index (χ2v) is 5.21. The van der Waals surface area contributed by atoms with Crippen molar-refractivity contribution in [1.29, 1.82) is 0 Å². The predicted molar refractivity (Wildman–Crippen MR) is 85.8 cm³/mol.